The Morgan fingerprint density at radius 3 is 2.50 bits per heavy atom. The van der Waals surface area contributed by atoms with Crippen molar-refractivity contribution in [3.63, 3.8) is 0 Å². The van der Waals surface area contributed by atoms with Gasteiger partial charge in [0.1, 0.15) is 0 Å². The largest absolute Gasteiger partial charge is 0.393 e. The molecule has 0 saturated heterocycles. The lowest BCUT2D eigenvalue weighted by Crippen LogP contribution is -2.32. The molecule has 86 valence electrons. The predicted molar refractivity (Wildman–Crippen MR) is 68.9 cm³/mol. The number of thiocarbonyl (C=S) groups is 1. The molecule has 0 atom stereocenters. The lowest BCUT2D eigenvalue weighted by atomic mass is 10.2. The molecule has 1 aromatic rings. The third kappa shape index (κ3) is 3.98. The first-order valence-electron chi connectivity index (χ1n) is 5.23. The second kappa shape index (κ2) is 6.23. The van der Waals surface area contributed by atoms with Gasteiger partial charge in [-0.2, -0.15) is 0 Å². The first-order valence-corrected chi connectivity index (χ1v) is 5.64. The fourth-order valence-electron chi connectivity index (χ4n) is 1.44. The number of nitrogens with zero attached hydrogens (tertiary/aromatic N) is 1. The van der Waals surface area contributed by atoms with Crippen LogP contribution in [0.2, 0.25) is 0 Å². The highest BCUT2D eigenvalue weighted by atomic mass is 32.1. The van der Waals surface area contributed by atoms with Crippen LogP contribution in [0.3, 0.4) is 0 Å². The number of nitrogens with two attached hydrogens (primary N) is 1. The third-order valence-corrected chi connectivity index (χ3v) is 2.42. The SMILES string of the molecule is CCN(Cc1ccccc1)C(=O)CC(N)=S. The van der Waals surface area contributed by atoms with Crippen molar-refractivity contribution in [3.8, 4) is 0 Å². The van der Waals surface area contributed by atoms with Crippen molar-refractivity contribution in [1.29, 1.82) is 0 Å². The van der Waals surface area contributed by atoms with Crippen LogP contribution in [-0.2, 0) is 11.3 Å². The number of hydrogen-bond acceptors (Lipinski definition) is 2. The van der Waals surface area contributed by atoms with E-state index in [1.165, 1.54) is 0 Å². The number of benzene rings is 1. The van der Waals surface area contributed by atoms with Gasteiger partial charge in [-0.15, -0.1) is 0 Å². The van der Waals surface area contributed by atoms with Crippen molar-refractivity contribution < 1.29 is 4.79 Å². The molecule has 16 heavy (non-hydrogen) atoms. The van der Waals surface area contributed by atoms with Gasteiger partial charge in [0.05, 0.1) is 11.4 Å². The van der Waals surface area contributed by atoms with Crippen LogP contribution >= 0.6 is 12.2 Å². The van der Waals surface area contributed by atoms with Gasteiger partial charge >= 0.3 is 0 Å². The van der Waals surface area contributed by atoms with Crippen LogP contribution in [0.1, 0.15) is 18.9 Å². The van der Waals surface area contributed by atoms with Crippen LogP contribution in [0.4, 0.5) is 0 Å². The summed E-state index contributed by atoms with van der Waals surface area (Å²) in [6, 6.07) is 9.87. The molecule has 0 aliphatic carbocycles. The van der Waals surface area contributed by atoms with Gasteiger partial charge in [-0.3, -0.25) is 4.79 Å². The van der Waals surface area contributed by atoms with Gasteiger partial charge in [0, 0.05) is 13.1 Å². The summed E-state index contributed by atoms with van der Waals surface area (Å²) in [6.45, 7) is 3.22. The first kappa shape index (κ1) is 12.6. The zero-order valence-electron chi connectivity index (χ0n) is 9.35. The number of carbonyl (C=O) groups excluding carboxylic acids is 1. The summed E-state index contributed by atoms with van der Waals surface area (Å²) < 4.78 is 0. The molecule has 0 fully saturated rings. The molecule has 0 spiro atoms. The molecule has 4 heteroatoms. The van der Waals surface area contributed by atoms with Crippen molar-refractivity contribution in [2.45, 2.75) is 19.9 Å². The quantitative estimate of drug-likeness (QED) is 0.792. The van der Waals surface area contributed by atoms with E-state index >= 15 is 0 Å². The molecule has 1 aromatic carbocycles. The minimum atomic E-state index is -0.0150. The molecule has 2 N–H and O–H groups in total. The van der Waals surface area contributed by atoms with Crippen LogP contribution in [-0.4, -0.2) is 22.3 Å². The molecular weight excluding hydrogens is 220 g/mol. The highest BCUT2D eigenvalue weighted by Crippen LogP contribution is 2.05. The predicted octanol–water partition coefficient (Wildman–Crippen LogP) is 1.71. The first-order chi connectivity index (χ1) is 7.63. The fraction of sp³-hybridized carbons (Fsp3) is 0.333. The average Bonchev–Trinajstić information content (AvgIpc) is 2.26. The highest BCUT2D eigenvalue weighted by molar-refractivity contribution is 7.80. The summed E-state index contributed by atoms with van der Waals surface area (Å²) in [5, 5.41) is 0. The van der Waals surface area contributed by atoms with Crippen LogP contribution < -0.4 is 5.73 Å². The fourth-order valence-corrected chi connectivity index (χ4v) is 1.56. The Morgan fingerprint density at radius 1 is 1.38 bits per heavy atom. The summed E-state index contributed by atoms with van der Waals surface area (Å²) in [6.07, 6.45) is 0.149. The minimum Gasteiger partial charge on any atom is -0.393 e. The molecule has 0 saturated carbocycles. The Hall–Kier alpha value is -1.42. The standard InChI is InChI=1S/C12H16N2OS/c1-2-14(12(15)8-11(13)16)9-10-6-4-3-5-7-10/h3-7H,2,8-9H2,1H3,(H2,13,16). The van der Waals surface area contributed by atoms with E-state index in [2.05, 4.69) is 0 Å². The van der Waals surface area contributed by atoms with Gasteiger partial charge in [0.25, 0.3) is 0 Å². The second-order valence-corrected chi connectivity index (χ2v) is 4.06. The Kier molecular flexibility index (Phi) is 4.92. The third-order valence-electron chi connectivity index (χ3n) is 2.28. The van der Waals surface area contributed by atoms with E-state index < -0.39 is 0 Å². The van der Waals surface area contributed by atoms with Gasteiger partial charge in [0.2, 0.25) is 5.91 Å². The van der Waals surface area contributed by atoms with E-state index in [4.69, 9.17) is 18.0 Å². The zero-order valence-corrected chi connectivity index (χ0v) is 10.2. The molecule has 1 rings (SSSR count). The molecule has 0 radical (unpaired) electrons. The van der Waals surface area contributed by atoms with E-state index in [9.17, 15) is 4.79 Å². The van der Waals surface area contributed by atoms with E-state index in [-0.39, 0.29) is 17.3 Å². The monoisotopic (exact) mass is 236 g/mol. The van der Waals surface area contributed by atoms with Crippen LogP contribution in [0.15, 0.2) is 30.3 Å². The molecule has 0 unspecified atom stereocenters. The van der Waals surface area contributed by atoms with Gasteiger partial charge < -0.3 is 10.6 Å². The zero-order chi connectivity index (χ0) is 12.0. The number of carbonyl (C=O) groups is 1. The van der Waals surface area contributed by atoms with Crippen LogP contribution in [0.5, 0.6) is 0 Å². The maximum Gasteiger partial charge on any atom is 0.229 e. The number of hydrogen-bond donors (Lipinski definition) is 1. The summed E-state index contributed by atoms with van der Waals surface area (Å²) in [7, 11) is 0. The summed E-state index contributed by atoms with van der Waals surface area (Å²) in [5.41, 5.74) is 6.47. The van der Waals surface area contributed by atoms with Crippen molar-refractivity contribution in [2.75, 3.05) is 6.54 Å². The summed E-state index contributed by atoms with van der Waals surface area (Å²) >= 11 is 4.73. The molecule has 0 aliphatic rings. The molecule has 0 bridgehead atoms. The maximum atomic E-state index is 11.7. The van der Waals surface area contributed by atoms with E-state index in [0.29, 0.717) is 13.1 Å². The normalized spacial score (nSPS) is 9.81. The second-order valence-electron chi connectivity index (χ2n) is 3.54. The summed E-state index contributed by atoms with van der Waals surface area (Å²) in [5.74, 6) is -0.0150. The Bertz CT molecular complexity index is 365. The molecule has 0 heterocycles. The van der Waals surface area contributed by atoms with Crippen LogP contribution in [0.25, 0.3) is 0 Å². The van der Waals surface area contributed by atoms with Crippen molar-refractivity contribution >= 4 is 23.1 Å². The van der Waals surface area contributed by atoms with E-state index in [0.717, 1.165) is 5.56 Å². The Balaban J connectivity index is 2.62. The van der Waals surface area contributed by atoms with Crippen molar-refractivity contribution in [3.05, 3.63) is 35.9 Å². The minimum absolute atomic E-state index is 0.0150. The average molecular weight is 236 g/mol. The van der Waals surface area contributed by atoms with Crippen LogP contribution in [0, 0.1) is 0 Å². The molecule has 3 nitrogen and oxygen atoms in total. The van der Waals surface area contributed by atoms with E-state index in [1.807, 2.05) is 37.3 Å². The van der Waals surface area contributed by atoms with Crippen molar-refractivity contribution in [2.24, 2.45) is 5.73 Å². The molecular formula is C12H16N2OS. The Labute approximate surface area is 101 Å². The van der Waals surface area contributed by atoms with Gasteiger partial charge in [0.15, 0.2) is 0 Å². The molecule has 0 aliphatic heterocycles. The lowest BCUT2D eigenvalue weighted by molar-refractivity contribution is -0.130. The molecule has 0 aromatic heterocycles. The van der Waals surface area contributed by atoms with Gasteiger partial charge in [-0.25, -0.2) is 0 Å². The lowest BCUT2D eigenvalue weighted by Gasteiger charge is -2.20. The Morgan fingerprint density at radius 2 is 2.00 bits per heavy atom. The smallest absolute Gasteiger partial charge is 0.229 e. The van der Waals surface area contributed by atoms with E-state index in [1.54, 1.807) is 4.90 Å². The van der Waals surface area contributed by atoms with Gasteiger partial charge in [-0.05, 0) is 12.5 Å². The molecule has 1 amide bonds. The number of amides is 1. The maximum absolute atomic E-state index is 11.7. The van der Waals surface area contributed by atoms with Gasteiger partial charge in [-0.1, -0.05) is 42.5 Å². The van der Waals surface area contributed by atoms with Crippen molar-refractivity contribution in [1.82, 2.24) is 4.90 Å². The summed E-state index contributed by atoms with van der Waals surface area (Å²) in [4.78, 5) is 13.7. The topological polar surface area (TPSA) is 46.3 Å². The highest BCUT2D eigenvalue weighted by Gasteiger charge is 2.12. The number of rotatable bonds is 5.